The van der Waals surface area contributed by atoms with E-state index in [9.17, 15) is 4.79 Å². The normalized spacial score (nSPS) is 10.5. The van der Waals surface area contributed by atoms with Gasteiger partial charge in [-0.15, -0.1) is 0 Å². The fourth-order valence-corrected chi connectivity index (χ4v) is 1.65. The van der Waals surface area contributed by atoms with Crippen molar-refractivity contribution in [3.05, 3.63) is 54.5 Å². The molecular weight excluding hydrogens is 246 g/mol. The molecule has 96 valence electrons. The standard InChI is InChI=1S/C12H11N5O2/c18-12(16-9-6-13-14-7-9)11-3-2-10(19-11)8-17-5-1-4-15-17/h1-7H,8H2,(H,13,14)(H,16,18). The lowest BCUT2D eigenvalue weighted by Gasteiger charge is -1.99. The van der Waals surface area contributed by atoms with Gasteiger partial charge >= 0.3 is 0 Å². The summed E-state index contributed by atoms with van der Waals surface area (Å²) in [7, 11) is 0. The molecule has 0 fully saturated rings. The van der Waals surface area contributed by atoms with Gasteiger partial charge in [-0.25, -0.2) is 0 Å². The summed E-state index contributed by atoms with van der Waals surface area (Å²) in [5.74, 6) is 0.609. The van der Waals surface area contributed by atoms with E-state index in [4.69, 9.17) is 4.42 Å². The Labute approximate surface area is 108 Å². The minimum Gasteiger partial charge on any atom is -0.454 e. The highest BCUT2D eigenvalue weighted by Gasteiger charge is 2.12. The van der Waals surface area contributed by atoms with Gasteiger partial charge in [0.1, 0.15) is 5.76 Å². The van der Waals surface area contributed by atoms with Gasteiger partial charge < -0.3 is 9.73 Å². The number of H-pyrrole nitrogens is 1. The molecule has 3 aromatic rings. The second-order valence-electron chi connectivity index (χ2n) is 3.91. The Morgan fingerprint density at radius 1 is 1.47 bits per heavy atom. The summed E-state index contributed by atoms with van der Waals surface area (Å²) in [5, 5.41) is 13.1. The number of hydrogen-bond donors (Lipinski definition) is 2. The van der Waals surface area contributed by atoms with Gasteiger partial charge in [0.15, 0.2) is 5.76 Å². The van der Waals surface area contributed by atoms with E-state index < -0.39 is 0 Å². The maximum Gasteiger partial charge on any atom is 0.291 e. The Hall–Kier alpha value is -2.83. The third-order valence-corrected chi connectivity index (χ3v) is 2.52. The predicted octanol–water partition coefficient (Wildman–Crippen LogP) is 1.50. The first-order chi connectivity index (χ1) is 9.31. The predicted molar refractivity (Wildman–Crippen MR) is 66.6 cm³/mol. The van der Waals surface area contributed by atoms with Crippen molar-refractivity contribution in [3.63, 3.8) is 0 Å². The first-order valence-electron chi connectivity index (χ1n) is 5.67. The summed E-state index contributed by atoms with van der Waals surface area (Å²) >= 11 is 0. The van der Waals surface area contributed by atoms with Gasteiger partial charge in [-0.05, 0) is 18.2 Å². The average Bonchev–Trinajstić information content (AvgIpc) is 3.10. The molecule has 0 aliphatic heterocycles. The van der Waals surface area contributed by atoms with Crippen LogP contribution in [-0.4, -0.2) is 25.9 Å². The average molecular weight is 257 g/mol. The van der Waals surface area contributed by atoms with Crippen LogP contribution in [0.5, 0.6) is 0 Å². The minimum absolute atomic E-state index is 0.253. The second-order valence-corrected chi connectivity index (χ2v) is 3.91. The summed E-state index contributed by atoms with van der Waals surface area (Å²) in [6, 6.07) is 5.22. The summed E-state index contributed by atoms with van der Waals surface area (Å²) < 4.78 is 7.18. The van der Waals surface area contributed by atoms with Crippen molar-refractivity contribution in [1.29, 1.82) is 0 Å². The molecule has 3 aromatic heterocycles. The number of anilines is 1. The molecule has 0 aliphatic carbocycles. The van der Waals surface area contributed by atoms with Crippen LogP contribution in [0.2, 0.25) is 0 Å². The smallest absolute Gasteiger partial charge is 0.291 e. The minimum atomic E-state index is -0.312. The topological polar surface area (TPSA) is 88.7 Å². The molecule has 0 aliphatic rings. The fourth-order valence-electron chi connectivity index (χ4n) is 1.65. The van der Waals surface area contributed by atoms with Crippen LogP contribution in [0, 0.1) is 0 Å². The SMILES string of the molecule is O=C(Nc1cn[nH]c1)c1ccc(Cn2cccn2)o1. The maximum absolute atomic E-state index is 11.9. The Morgan fingerprint density at radius 3 is 3.16 bits per heavy atom. The van der Waals surface area contributed by atoms with Gasteiger partial charge in [-0.3, -0.25) is 14.6 Å². The van der Waals surface area contributed by atoms with Crippen LogP contribution in [0.25, 0.3) is 0 Å². The molecule has 0 atom stereocenters. The summed E-state index contributed by atoms with van der Waals surface area (Å²) in [5.41, 5.74) is 0.593. The number of carbonyl (C=O) groups excluding carboxylic acids is 1. The molecule has 0 saturated carbocycles. The molecule has 0 bridgehead atoms. The third kappa shape index (κ3) is 2.54. The first-order valence-corrected chi connectivity index (χ1v) is 5.67. The van der Waals surface area contributed by atoms with Crippen molar-refractivity contribution < 1.29 is 9.21 Å². The van der Waals surface area contributed by atoms with Crippen LogP contribution in [0.4, 0.5) is 5.69 Å². The molecule has 0 spiro atoms. The van der Waals surface area contributed by atoms with Crippen LogP contribution in [0.15, 0.2) is 47.4 Å². The molecule has 0 saturated heterocycles. The van der Waals surface area contributed by atoms with E-state index in [0.717, 1.165) is 0 Å². The third-order valence-electron chi connectivity index (χ3n) is 2.52. The second kappa shape index (κ2) is 4.81. The van der Waals surface area contributed by atoms with Gasteiger partial charge in [-0.2, -0.15) is 10.2 Å². The highest BCUT2D eigenvalue weighted by molar-refractivity contribution is 6.02. The number of carbonyl (C=O) groups is 1. The molecule has 2 N–H and O–H groups in total. The van der Waals surface area contributed by atoms with Gasteiger partial charge in [0.25, 0.3) is 5.91 Å². The number of aromatic amines is 1. The lowest BCUT2D eigenvalue weighted by atomic mass is 10.4. The van der Waals surface area contributed by atoms with Crippen molar-refractivity contribution in [3.8, 4) is 0 Å². The van der Waals surface area contributed by atoms with Crippen molar-refractivity contribution in [1.82, 2.24) is 20.0 Å². The molecule has 3 heterocycles. The van der Waals surface area contributed by atoms with Crippen molar-refractivity contribution in [2.24, 2.45) is 0 Å². The van der Waals surface area contributed by atoms with E-state index in [-0.39, 0.29) is 11.7 Å². The summed E-state index contributed by atoms with van der Waals surface area (Å²) in [4.78, 5) is 11.9. The Bertz CT molecular complexity index is 654. The Morgan fingerprint density at radius 2 is 2.42 bits per heavy atom. The lowest BCUT2D eigenvalue weighted by Crippen LogP contribution is -2.10. The number of nitrogens with zero attached hydrogens (tertiary/aromatic N) is 3. The highest BCUT2D eigenvalue weighted by Crippen LogP contribution is 2.11. The van der Waals surface area contributed by atoms with Gasteiger partial charge in [-0.1, -0.05) is 0 Å². The quantitative estimate of drug-likeness (QED) is 0.741. The number of aromatic nitrogens is 4. The largest absolute Gasteiger partial charge is 0.454 e. The molecule has 7 heteroatoms. The van der Waals surface area contributed by atoms with E-state index in [1.54, 1.807) is 29.2 Å². The van der Waals surface area contributed by atoms with E-state index in [0.29, 0.717) is 18.0 Å². The molecule has 7 nitrogen and oxygen atoms in total. The molecule has 3 rings (SSSR count). The molecule has 1 amide bonds. The zero-order chi connectivity index (χ0) is 13.1. The zero-order valence-electron chi connectivity index (χ0n) is 9.91. The van der Waals surface area contributed by atoms with Gasteiger partial charge in [0.05, 0.1) is 18.4 Å². The van der Waals surface area contributed by atoms with E-state index >= 15 is 0 Å². The van der Waals surface area contributed by atoms with Crippen LogP contribution in [0.3, 0.4) is 0 Å². The highest BCUT2D eigenvalue weighted by atomic mass is 16.4. The van der Waals surface area contributed by atoms with Crippen molar-refractivity contribution >= 4 is 11.6 Å². The molecule has 0 unspecified atom stereocenters. The number of amides is 1. The summed E-state index contributed by atoms with van der Waals surface area (Å²) in [6.45, 7) is 0.492. The maximum atomic E-state index is 11.9. The summed E-state index contributed by atoms with van der Waals surface area (Å²) in [6.07, 6.45) is 6.63. The molecule has 0 radical (unpaired) electrons. The fraction of sp³-hybridized carbons (Fsp3) is 0.0833. The lowest BCUT2D eigenvalue weighted by molar-refractivity contribution is 0.0994. The van der Waals surface area contributed by atoms with E-state index in [1.165, 1.54) is 6.20 Å². The number of rotatable bonds is 4. The van der Waals surface area contributed by atoms with Crippen LogP contribution >= 0.6 is 0 Å². The van der Waals surface area contributed by atoms with Crippen molar-refractivity contribution in [2.75, 3.05) is 5.32 Å². The Balaban J connectivity index is 1.69. The molecule has 19 heavy (non-hydrogen) atoms. The van der Waals surface area contributed by atoms with Crippen LogP contribution in [-0.2, 0) is 6.54 Å². The van der Waals surface area contributed by atoms with Crippen LogP contribution in [0.1, 0.15) is 16.3 Å². The zero-order valence-corrected chi connectivity index (χ0v) is 9.91. The van der Waals surface area contributed by atoms with Crippen molar-refractivity contribution in [2.45, 2.75) is 6.54 Å². The first kappa shape index (κ1) is 11.3. The number of nitrogens with one attached hydrogen (secondary N) is 2. The Kier molecular flexibility index (Phi) is 2.85. The molecule has 0 aromatic carbocycles. The number of furan rings is 1. The monoisotopic (exact) mass is 257 g/mol. The number of hydrogen-bond acceptors (Lipinski definition) is 4. The van der Waals surface area contributed by atoms with E-state index in [1.807, 2.05) is 12.3 Å². The van der Waals surface area contributed by atoms with Gasteiger partial charge in [0, 0.05) is 18.6 Å². The van der Waals surface area contributed by atoms with Gasteiger partial charge in [0.2, 0.25) is 0 Å². The van der Waals surface area contributed by atoms with E-state index in [2.05, 4.69) is 20.6 Å². The molecular formula is C12H11N5O2. The van der Waals surface area contributed by atoms with Crippen LogP contribution < -0.4 is 5.32 Å².